The topological polar surface area (TPSA) is 29.3 Å². The molecule has 19 heavy (non-hydrogen) atoms. The van der Waals surface area contributed by atoms with E-state index in [0.29, 0.717) is 16.1 Å². The van der Waals surface area contributed by atoms with Gasteiger partial charge in [-0.3, -0.25) is 0 Å². The SMILES string of the molecule is CCCCN(c1cccc(Cl)c1C(N)=S)C(C)CC. The summed E-state index contributed by atoms with van der Waals surface area (Å²) in [5.74, 6) is 0. The highest BCUT2D eigenvalue weighted by atomic mass is 35.5. The monoisotopic (exact) mass is 298 g/mol. The largest absolute Gasteiger partial charge is 0.389 e. The van der Waals surface area contributed by atoms with Crippen LogP contribution in [0.5, 0.6) is 0 Å². The van der Waals surface area contributed by atoms with Crippen LogP contribution in [0.3, 0.4) is 0 Å². The van der Waals surface area contributed by atoms with Gasteiger partial charge in [-0.2, -0.15) is 0 Å². The Morgan fingerprint density at radius 1 is 1.42 bits per heavy atom. The van der Waals surface area contributed by atoms with Gasteiger partial charge in [0.15, 0.2) is 0 Å². The van der Waals surface area contributed by atoms with E-state index >= 15 is 0 Å². The molecule has 0 aliphatic carbocycles. The van der Waals surface area contributed by atoms with Gasteiger partial charge in [-0.15, -0.1) is 0 Å². The molecular weight excluding hydrogens is 276 g/mol. The lowest BCUT2D eigenvalue weighted by Crippen LogP contribution is -2.35. The van der Waals surface area contributed by atoms with Crippen LogP contribution in [0.1, 0.15) is 45.6 Å². The fourth-order valence-corrected chi connectivity index (χ4v) is 2.67. The van der Waals surface area contributed by atoms with E-state index in [0.717, 1.165) is 37.1 Å². The van der Waals surface area contributed by atoms with Gasteiger partial charge in [0, 0.05) is 18.3 Å². The standard InChI is InChI=1S/C15H23ClN2S/c1-4-6-10-18(11(3)5-2)13-9-7-8-12(16)14(13)15(17)19/h7-9,11H,4-6,10H2,1-3H3,(H2,17,19). The van der Waals surface area contributed by atoms with E-state index in [1.165, 1.54) is 0 Å². The van der Waals surface area contributed by atoms with Crippen LogP contribution in [0.4, 0.5) is 5.69 Å². The maximum absolute atomic E-state index is 6.26. The highest BCUT2D eigenvalue weighted by Crippen LogP contribution is 2.29. The maximum Gasteiger partial charge on any atom is 0.107 e. The van der Waals surface area contributed by atoms with E-state index in [1.807, 2.05) is 12.1 Å². The number of anilines is 1. The van der Waals surface area contributed by atoms with Crippen molar-refractivity contribution in [3.63, 3.8) is 0 Å². The summed E-state index contributed by atoms with van der Waals surface area (Å²) in [5.41, 5.74) is 7.70. The molecule has 1 aromatic carbocycles. The second-order valence-electron chi connectivity index (χ2n) is 4.80. The average Bonchev–Trinajstić information content (AvgIpc) is 2.38. The molecule has 2 N–H and O–H groups in total. The first-order valence-corrected chi connectivity index (χ1v) is 7.66. The zero-order valence-electron chi connectivity index (χ0n) is 11.9. The number of benzene rings is 1. The molecule has 0 radical (unpaired) electrons. The van der Waals surface area contributed by atoms with Crippen molar-refractivity contribution in [1.82, 2.24) is 0 Å². The quantitative estimate of drug-likeness (QED) is 0.758. The number of nitrogens with zero attached hydrogens (tertiary/aromatic N) is 1. The van der Waals surface area contributed by atoms with E-state index in [9.17, 15) is 0 Å². The Kier molecular flexibility index (Phi) is 6.59. The molecule has 0 aliphatic heterocycles. The lowest BCUT2D eigenvalue weighted by molar-refractivity contribution is 0.595. The Bertz CT molecular complexity index is 434. The third kappa shape index (κ3) is 4.08. The van der Waals surface area contributed by atoms with Gasteiger partial charge in [0.2, 0.25) is 0 Å². The molecule has 0 aliphatic rings. The Morgan fingerprint density at radius 2 is 2.11 bits per heavy atom. The number of halogens is 1. The molecular formula is C15H23ClN2S. The summed E-state index contributed by atoms with van der Waals surface area (Å²) >= 11 is 11.4. The van der Waals surface area contributed by atoms with Crippen LogP contribution in [0.15, 0.2) is 18.2 Å². The normalized spacial score (nSPS) is 12.2. The molecule has 0 fully saturated rings. The summed E-state index contributed by atoms with van der Waals surface area (Å²) in [4.78, 5) is 2.73. The van der Waals surface area contributed by atoms with Gasteiger partial charge in [-0.25, -0.2) is 0 Å². The van der Waals surface area contributed by atoms with Crippen molar-refractivity contribution in [2.45, 2.75) is 46.1 Å². The molecule has 2 nitrogen and oxygen atoms in total. The van der Waals surface area contributed by atoms with Crippen LogP contribution in [0.2, 0.25) is 5.02 Å². The molecule has 1 unspecified atom stereocenters. The third-order valence-corrected chi connectivity index (χ3v) is 3.94. The third-order valence-electron chi connectivity index (χ3n) is 3.42. The zero-order valence-corrected chi connectivity index (χ0v) is 13.5. The summed E-state index contributed by atoms with van der Waals surface area (Å²) in [6, 6.07) is 6.30. The smallest absolute Gasteiger partial charge is 0.107 e. The summed E-state index contributed by atoms with van der Waals surface area (Å²) in [7, 11) is 0. The highest BCUT2D eigenvalue weighted by Gasteiger charge is 2.19. The van der Waals surface area contributed by atoms with Crippen molar-refractivity contribution in [2.75, 3.05) is 11.4 Å². The lowest BCUT2D eigenvalue weighted by atomic mass is 10.1. The number of hydrogen-bond acceptors (Lipinski definition) is 2. The minimum Gasteiger partial charge on any atom is -0.389 e. The van der Waals surface area contributed by atoms with Crippen molar-refractivity contribution in [3.05, 3.63) is 28.8 Å². The van der Waals surface area contributed by atoms with Crippen LogP contribution in [-0.4, -0.2) is 17.6 Å². The molecule has 0 heterocycles. The first-order valence-electron chi connectivity index (χ1n) is 6.87. The van der Waals surface area contributed by atoms with Gasteiger partial charge in [-0.1, -0.05) is 50.2 Å². The van der Waals surface area contributed by atoms with E-state index in [4.69, 9.17) is 29.6 Å². The fraction of sp³-hybridized carbons (Fsp3) is 0.533. The number of unbranched alkanes of at least 4 members (excludes halogenated alkanes) is 1. The molecule has 0 amide bonds. The van der Waals surface area contributed by atoms with Crippen LogP contribution in [0.25, 0.3) is 0 Å². The highest BCUT2D eigenvalue weighted by molar-refractivity contribution is 7.80. The van der Waals surface area contributed by atoms with Crippen molar-refractivity contribution in [3.8, 4) is 0 Å². The first kappa shape index (κ1) is 16.3. The van der Waals surface area contributed by atoms with Crippen molar-refractivity contribution in [2.24, 2.45) is 5.73 Å². The average molecular weight is 299 g/mol. The van der Waals surface area contributed by atoms with Gasteiger partial charge in [0.05, 0.1) is 10.6 Å². The Hall–Kier alpha value is -0.800. The van der Waals surface area contributed by atoms with Crippen LogP contribution in [0, 0.1) is 0 Å². The molecule has 0 saturated heterocycles. The minimum atomic E-state index is 0.366. The minimum absolute atomic E-state index is 0.366. The van der Waals surface area contributed by atoms with Crippen molar-refractivity contribution < 1.29 is 0 Å². The van der Waals surface area contributed by atoms with E-state index < -0.39 is 0 Å². The van der Waals surface area contributed by atoms with Gasteiger partial charge < -0.3 is 10.6 Å². The van der Waals surface area contributed by atoms with Crippen molar-refractivity contribution >= 4 is 34.5 Å². The van der Waals surface area contributed by atoms with E-state index in [1.54, 1.807) is 0 Å². The first-order chi connectivity index (χ1) is 9.02. The Labute approximate surface area is 126 Å². The van der Waals surface area contributed by atoms with E-state index in [2.05, 4.69) is 31.7 Å². The summed E-state index contributed by atoms with van der Waals surface area (Å²) in [6.45, 7) is 7.61. The van der Waals surface area contributed by atoms with E-state index in [-0.39, 0.29) is 0 Å². The maximum atomic E-state index is 6.26. The zero-order chi connectivity index (χ0) is 14.4. The predicted octanol–water partition coefficient (Wildman–Crippen LogP) is 4.38. The summed E-state index contributed by atoms with van der Waals surface area (Å²) < 4.78 is 0. The summed E-state index contributed by atoms with van der Waals surface area (Å²) in [6.07, 6.45) is 3.39. The number of rotatable bonds is 7. The molecule has 0 saturated carbocycles. The van der Waals surface area contributed by atoms with Gasteiger partial charge in [0.1, 0.15) is 4.99 Å². The van der Waals surface area contributed by atoms with Gasteiger partial charge >= 0.3 is 0 Å². The molecule has 1 aromatic rings. The number of nitrogens with two attached hydrogens (primary N) is 1. The molecule has 0 spiro atoms. The lowest BCUT2D eigenvalue weighted by Gasteiger charge is -2.32. The van der Waals surface area contributed by atoms with Crippen LogP contribution >= 0.6 is 23.8 Å². The molecule has 1 atom stereocenters. The second kappa shape index (κ2) is 7.71. The van der Waals surface area contributed by atoms with Gasteiger partial charge in [-0.05, 0) is 31.9 Å². The second-order valence-corrected chi connectivity index (χ2v) is 5.65. The molecule has 4 heteroatoms. The van der Waals surface area contributed by atoms with Crippen molar-refractivity contribution in [1.29, 1.82) is 0 Å². The Balaban J connectivity index is 3.21. The summed E-state index contributed by atoms with van der Waals surface area (Å²) in [5, 5.41) is 0.634. The number of thiocarbonyl (C=S) groups is 1. The number of hydrogen-bond donors (Lipinski definition) is 1. The fourth-order valence-electron chi connectivity index (χ4n) is 2.12. The molecule has 0 aromatic heterocycles. The molecule has 1 rings (SSSR count). The Morgan fingerprint density at radius 3 is 2.63 bits per heavy atom. The molecule has 0 bridgehead atoms. The van der Waals surface area contributed by atoms with Crippen LogP contribution in [-0.2, 0) is 0 Å². The van der Waals surface area contributed by atoms with Crippen LogP contribution < -0.4 is 10.6 Å². The predicted molar refractivity (Wildman–Crippen MR) is 89.3 cm³/mol. The van der Waals surface area contributed by atoms with Gasteiger partial charge in [0.25, 0.3) is 0 Å². The molecule has 106 valence electrons.